The van der Waals surface area contributed by atoms with Gasteiger partial charge >= 0.3 is 0 Å². The second-order valence-corrected chi connectivity index (χ2v) is 16.4. The lowest BCUT2D eigenvalue weighted by Gasteiger charge is -2.22. The van der Waals surface area contributed by atoms with E-state index in [-0.39, 0.29) is 0 Å². The first kappa shape index (κ1) is 33.7. The fraction of sp³-hybridized carbons (Fsp3) is 0.182. The monoisotopic (exact) mass is 662 g/mol. The van der Waals surface area contributed by atoms with Gasteiger partial charge in [0.05, 0.1) is 11.4 Å². The second kappa shape index (κ2) is 17.3. The van der Waals surface area contributed by atoms with Gasteiger partial charge in [-0.1, -0.05) is 160 Å². The minimum Gasteiger partial charge on any atom is -0.150 e. The van der Waals surface area contributed by atoms with Crippen molar-refractivity contribution < 1.29 is 0 Å². The number of hydrogen-bond acceptors (Lipinski definition) is 2. The van der Waals surface area contributed by atoms with Crippen LogP contribution >= 0.6 is 15.8 Å². The maximum Gasteiger partial charge on any atom is 0.0940 e. The average Bonchev–Trinajstić information content (AvgIpc) is 3.15. The molecule has 48 heavy (non-hydrogen) atoms. The Bertz CT molecular complexity index is 1670. The predicted octanol–water partition coefficient (Wildman–Crippen LogP) is 10.3. The van der Waals surface area contributed by atoms with Crippen molar-refractivity contribution in [2.75, 3.05) is 0 Å². The zero-order valence-corrected chi connectivity index (χ0v) is 29.8. The molecular formula is C44H44N2P2. The summed E-state index contributed by atoms with van der Waals surface area (Å²) in [6, 6.07) is 57.4. The lowest BCUT2D eigenvalue weighted by molar-refractivity contribution is 0.795. The van der Waals surface area contributed by atoms with Crippen LogP contribution in [0, 0.1) is 0 Å². The Morgan fingerprint density at radius 1 is 0.396 bits per heavy atom. The fourth-order valence-electron chi connectivity index (χ4n) is 6.01. The van der Waals surface area contributed by atoms with Gasteiger partial charge in [0.1, 0.15) is 0 Å². The number of hydrogen-bond donors (Lipinski definition) is 0. The highest BCUT2D eigenvalue weighted by Crippen LogP contribution is 2.40. The number of aryl methyl sites for hydroxylation is 2. The molecule has 0 unspecified atom stereocenters. The van der Waals surface area contributed by atoms with Crippen molar-refractivity contribution in [3.63, 3.8) is 0 Å². The van der Waals surface area contributed by atoms with Crippen LogP contribution in [0.25, 0.3) is 0 Å². The van der Waals surface area contributed by atoms with E-state index in [1.54, 1.807) is 0 Å². The molecule has 6 aromatic carbocycles. The molecule has 0 atom stereocenters. The van der Waals surface area contributed by atoms with E-state index in [4.69, 9.17) is 10.2 Å². The minimum absolute atomic E-state index is 0.833. The first-order valence-electron chi connectivity index (χ1n) is 17.2. The summed E-state index contributed by atoms with van der Waals surface area (Å²) in [6.45, 7) is 4.52. The molecule has 0 amide bonds. The quantitative estimate of drug-likeness (QED) is 0.0819. The average molecular weight is 663 g/mol. The lowest BCUT2D eigenvalue weighted by atomic mass is 10.1. The molecule has 0 aliphatic rings. The van der Waals surface area contributed by atoms with E-state index in [0.29, 0.717) is 0 Å². The van der Waals surface area contributed by atoms with Crippen LogP contribution in [0.5, 0.6) is 0 Å². The van der Waals surface area contributed by atoms with E-state index in [2.05, 4.69) is 172 Å². The molecule has 0 bridgehead atoms. The van der Waals surface area contributed by atoms with Gasteiger partial charge in [0.25, 0.3) is 0 Å². The second-order valence-electron chi connectivity index (χ2n) is 12.1. The van der Waals surface area contributed by atoms with Gasteiger partial charge in [0.2, 0.25) is 0 Å². The molecule has 0 spiro atoms. The Balaban J connectivity index is 1.50. The third kappa shape index (κ3) is 8.43. The molecule has 0 saturated heterocycles. The highest BCUT2D eigenvalue weighted by molar-refractivity contribution is 7.80. The molecule has 6 aromatic rings. The maximum absolute atomic E-state index is 5.14. The van der Waals surface area contributed by atoms with Crippen LogP contribution < -0.4 is 31.8 Å². The van der Waals surface area contributed by atoms with Gasteiger partial charge in [-0.15, -0.1) is 10.2 Å². The number of rotatable bonds is 14. The number of unbranched alkanes of at least 4 members (excludes halogenated alkanes) is 2. The molecule has 0 aliphatic carbocycles. The standard InChI is InChI=1S/C44H44N2P2/c1-3-5-19-35-29-31-41(43(33-35)47(37-21-11-7-12-22-37)38-23-13-8-14-24-38)45-46-42-32-30-36(20-6-4-2)34-44(42)48(39-25-15-9-16-26-39)40-27-17-10-18-28-40/h7-18,21-34H,3-6,19-20H2,1-2H3. The van der Waals surface area contributed by atoms with Gasteiger partial charge in [-0.05, 0) is 98.1 Å². The van der Waals surface area contributed by atoms with Crippen molar-refractivity contribution in [2.24, 2.45) is 10.2 Å². The van der Waals surface area contributed by atoms with Crippen molar-refractivity contribution in [3.8, 4) is 0 Å². The SMILES string of the molecule is CCCCc1ccc(N=Nc2ccc(CCCC)cc2P(c2ccccc2)c2ccccc2)c(P(c2ccccc2)c2ccccc2)c1. The number of azo groups is 1. The van der Waals surface area contributed by atoms with Crippen LogP contribution in [-0.4, -0.2) is 0 Å². The predicted molar refractivity (Wildman–Crippen MR) is 212 cm³/mol. The summed E-state index contributed by atoms with van der Waals surface area (Å²) >= 11 is 0. The third-order valence-corrected chi connectivity index (χ3v) is 13.5. The molecule has 0 radical (unpaired) electrons. The van der Waals surface area contributed by atoms with Crippen LogP contribution in [0.1, 0.15) is 50.7 Å². The Morgan fingerprint density at radius 2 is 0.708 bits per heavy atom. The van der Waals surface area contributed by atoms with Crippen molar-refractivity contribution in [2.45, 2.75) is 52.4 Å². The summed E-state index contributed by atoms with van der Waals surface area (Å²) in [7, 11) is -1.67. The Morgan fingerprint density at radius 3 is 1.00 bits per heavy atom. The van der Waals surface area contributed by atoms with Crippen LogP contribution in [-0.2, 0) is 12.8 Å². The summed E-state index contributed by atoms with van der Waals surface area (Å²) in [4.78, 5) is 0. The maximum atomic E-state index is 5.14. The Labute approximate surface area is 289 Å². The molecule has 240 valence electrons. The molecule has 6 rings (SSSR count). The van der Waals surface area contributed by atoms with Gasteiger partial charge < -0.3 is 0 Å². The molecule has 4 heteroatoms. The van der Waals surface area contributed by atoms with Gasteiger partial charge in [0.15, 0.2) is 0 Å². The summed E-state index contributed by atoms with van der Waals surface area (Å²) < 4.78 is 0. The van der Waals surface area contributed by atoms with Gasteiger partial charge in [-0.25, -0.2) is 0 Å². The smallest absolute Gasteiger partial charge is 0.0940 e. The first-order chi connectivity index (χ1) is 23.7. The van der Waals surface area contributed by atoms with Gasteiger partial charge in [0, 0.05) is 10.6 Å². The Hall–Kier alpha value is -4.22. The van der Waals surface area contributed by atoms with Crippen molar-refractivity contribution in [3.05, 3.63) is 169 Å². The van der Waals surface area contributed by atoms with E-state index in [1.165, 1.54) is 68.6 Å². The summed E-state index contributed by atoms with van der Waals surface area (Å²) in [5, 5.41) is 18.1. The molecule has 0 saturated carbocycles. The number of nitrogens with zero attached hydrogens (tertiary/aromatic N) is 2. The lowest BCUT2D eigenvalue weighted by Crippen LogP contribution is -2.21. The van der Waals surface area contributed by atoms with Gasteiger partial charge in [-0.2, -0.15) is 0 Å². The van der Waals surface area contributed by atoms with Crippen LogP contribution in [0.2, 0.25) is 0 Å². The zero-order chi connectivity index (χ0) is 33.0. The van der Waals surface area contributed by atoms with E-state index >= 15 is 0 Å². The highest BCUT2D eigenvalue weighted by Gasteiger charge is 2.22. The zero-order valence-electron chi connectivity index (χ0n) is 28.0. The van der Waals surface area contributed by atoms with E-state index < -0.39 is 15.8 Å². The largest absolute Gasteiger partial charge is 0.150 e. The summed E-state index contributed by atoms with van der Waals surface area (Å²) in [5.41, 5.74) is 4.61. The van der Waals surface area contributed by atoms with Crippen molar-refractivity contribution in [1.29, 1.82) is 0 Å². The molecule has 0 aromatic heterocycles. The fourth-order valence-corrected chi connectivity index (χ4v) is 10.9. The third-order valence-electron chi connectivity index (χ3n) is 8.52. The normalized spacial score (nSPS) is 11.5. The van der Waals surface area contributed by atoms with Crippen LogP contribution in [0.15, 0.2) is 168 Å². The van der Waals surface area contributed by atoms with E-state index in [0.717, 1.165) is 24.2 Å². The molecule has 2 nitrogen and oxygen atoms in total. The molecule has 0 aliphatic heterocycles. The van der Waals surface area contributed by atoms with Crippen molar-refractivity contribution in [1.82, 2.24) is 0 Å². The van der Waals surface area contributed by atoms with Crippen molar-refractivity contribution >= 4 is 59.0 Å². The number of benzene rings is 6. The summed E-state index contributed by atoms with van der Waals surface area (Å²) in [5.74, 6) is 0. The van der Waals surface area contributed by atoms with E-state index in [1.807, 2.05) is 0 Å². The van der Waals surface area contributed by atoms with Crippen LogP contribution in [0.4, 0.5) is 11.4 Å². The minimum atomic E-state index is -0.833. The molecule has 0 heterocycles. The molecular weight excluding hydrogens is 618 g/mol. The molecule has 0 fully saturated rings. The van der Waals surface area contributed by atoms with E-state index in [9.17, 15) is 0 Å². The Kier molecular flexibility index (Phi) is 12.1. The first-order valence-corrected chi connectivity index (χ1v) is 19.9. The topological polar surface area (TPSA) is 24.7 Å². The molecule has 0 N–H and O–H groups in total. The summed E-state index contributed by atoms with van der Waals surface area (Å²) in [6.07, 6.45) is 6.82. The van der Waals surface area contributed by atoms with Gasteiger partial charge in [-0.3, -0.25) is 0 Å². The highest BCUT2D eigenvalue weighted by atomic mass is 31.1. The van der Waals surface area contributed by atoms with Crippen LogP contribution in [0.3, 0.4) is 0 Å².